The molecule has 1 atom stereocenters. The third-order valence-corrected chi connectivity index (χ3v) is 2.67. The minimum absolute atomic E-state index is 0.0107. The van der Waals surface area contributed by atoms with Gasteiger partial charge in [-0.15, -0.1) is 11.8 Å². The molecule has 0 aliphatic rings. The van der Waals surface area contributed by atoms with Gasteiger partial charge in [0.15, 0.2) is 0 Å². The molecule has 1 amide bonds. The summed E-state index contributed by atoms with van der Waals surface area (Å²) >= 11 is 1.45. The Bertz CT molecular complexity index is 185. The molecule has 0 saturated heterocycles. The molecule has 0 saturated carbocycles. The molecular weight excluding hydrogens is 188 g/mol. The van der Waals surface area contributed by atoms with Crippen LogP contribution in [0.4, 0.5) is 0 Å². The summed E-state index contributed by atoms with van der Waals surface area (Å²) in [4.78, 5) is 21.8. The average molecular weight is 204 g/mol. The van der Waals surface area contributed by atoms with Crippen molar-refractivity contribution in [3.63, 3.8) is 0 Å². The maximum atomic E-state index is 10.9. The van der Waals surface area contributed by atoms with Crippen LogP contribution in [-0.4, -0.2) is 43.3 Å². The summed E-state index contributed by atoms with van der Waals surface area (Å²) in [5.41, 5.74) is 0. The number of carbonyl (C=O) groups is 2. The van der Waals surface area contributed by atoms with E-state index in [1.807, 2.05) is 0 Å². The zero-order valence-electron chi connectivity index (χ0n) is 8.22. The Balaban J connectivity index is 3.61. The Labute approximate surface area is 82.8 Å². The van der Waals surface area contributed by atoms with Crippen molar-refractivity contribution in [1.82, 2.24) is 10.6 Å². The van der Waals surface area contributed by atoms with Crippen LogP contribution in [-0.2, 0) is 9.59 Å². The first-order valence-corrected chi connectivity index (χ1v) is 5.23. The fourth-order valence-corrected chi connectivity index (χ4v) is 1.83. The van der Waals surface area contributed by atoms with Gasteiger partial charge in [-0.1, -0.05) is 0 Å². The highest BCUT2D eigenvalue weighted by Crippen LogP contribution is 2.02. The van der Waals surface area contributed by atoms with Gasteiger partial charge in [-0.25, -0.2) is 0 Å². The van der Waals surface area contributed by atoms with Crippen molar-refractivity contribution in [2.45, 2.75) is 13.0 Å². The van der Waals surface area contributed by atoms with E-state index in [2.05, 4.69) is 10.6 Å². The van der Waals surface area contributed by atoms with Crippen molar-refractivity contribution in [2.24, 2.45) is 0 Å². The van der Waals surface area contributed by atoms with Gasteiger partial charge < -0.3 is 10.6 Å². The van der Waals surface area contributed by atoms with Gasteiger partial charge in [0.25, 0.3) is 0 Å². The number of rotatable bonds is 6. The number of ketones is 1. The molecule has 0 aromatic heterocycles. The van der Waals surface area contributed by atoms with Gasteiger partial charge in [0.2, 0.25) is 5.91 Å². The molecule has 76 valence electrons. The lowest BCUT2D eigenvalue weighted by molar-refractivity contribution is -0.119. The molecule has 0 heterocycles. The molecule has 0 aromatic rings. The van der Waals surface area contributed by atoms with Gasteiger partial charge in [-0.05, 0) is 14.0 Å². The van der Waals surface area contributed by atoms with E-state index < -0.39 is 0 Å². The second-order valence-corrected chi connectivity index (χ2v) is 3.67. The first-order valence-electron chi connectivity index (χ1n) is 4.07. The van der Waals surface area contributed by atoms with Crippen LogP contribution in [0.5, 0.6) is 0 Å². The lowest BCUT2D eigenvalue weighted by Gasteiger charge is -2.11. The van der Waals surface area contributed by atoms with Crippen molar-refractivity contribution in [3.05, 3.63) is 0 Å². The van der Waals surface area contributed by atoms with E-state index in [1.165, 1.54) is 11.8 Å². The van der Waals surface area contributed by atoms with E-state index in [-0.39, 0.29) is 17.7 Å². The molecule has 2 N–H and O–H groups in total. The van der Waals surface area contributed by atoms with Crippen LogP contribution in [0.3, 0.4) is 0 Å². The number of hydrogen-bond donors (Lipinski definition) is 2. The lowest BCUT2D eigenvalue weighted by Crippen LogP contribution is -2.35. The molecule has 13 heavy (non-hydrogen) atoms. The molecule has 0 bridgehead atoms. The zero-order valence-corrected chi connectivity index (χ0v) is 9.03. The lowest BCUT2D eigenvalue weighted by atomic mass is 10.2. The summed E-state index contributed by atoms with van der Waals surface area (Å²) in [5, 5.41) is 5.41. The third kappa shape index (κ3) is 5.65. The number of likely N-dealkylation sites (N-methyl/N-ethyl adjacent to an activating group) is 1. The van der Waals surface area contributed by atoms with E-state index >= 15 is 0 Å². The Morgan fingerprint density at radius 3 is 2.38 bits per heavy atom. The van der Waals surface area contributed by atoms with Crippen molar-refractivity contribution in [1.29, 1.82) is 0 Å². The topological polar surface area (TPSA) is 58.2 Å². The standard InChI is InChI=1S/C8H16N2O2S/c1-6(11)7(9-2)4-13-5-8(12)10-3/h7,9H,4-5H2,1-3H3,(H,10,12)/t7-/m0/s1. The molecule has 0 aliphatic heterocycles. The molecular formula is C8H16N2O2S. The summed E-state index contributed by atoms with van der Waals surface area (Å²) in [7, 11) is 3.34. The minimum Gasteiger partial charge on any atom is -0.358 e. The average Bonchev–Trinajstić information content (AvgIpc) is 2.11. The Hall–Kier alpha value is -0.550. The molecule has 4 nitrogen and oxygen atoms in total. The van der Waals surface area contributed by atoms with Crippen LogP contribution in [0.1, 0.15) is 6.92 Å². The van der Waals surface area contributed by atoms with E-state index in [9.17, 15) is 9.59 Å². The van der Waals surface area contributed by atoms with Gasteiger partial charge in [-0.2, -0.15) is 0 Å². The Morgan fingerprint density at radius 1 is 1.38 bits per heavy atom. The Morgan fingerprint density at radius 2 is 2.00 bits per heavy atom. The normalized spacial score (nSPS) is 12.2. The largest absolute Gasteiger partial charge is 0.358 e. The smallest absolute Gasteiger partial charge is 0.229 e. The summed E-state index contributed by atoms with van der Waals surface area (Å²) < 4.78 is 0. The number of carbonyl (C=O) groups excluding carboxylic acids is 2. The number of hydrogen-bond acceptors (Lipinski definition) is 4. The number of nitrogens with one attached hydrogen (secondary N) is 2. The van der Waals surface area contributed by atoms with E-state index in [1.54, 1.807) is 21.0 Å². The maximum absolute atomic E-state index is 10.9. The van der Waals surface area contributed by atoms with E-state index in [4.69, 9.17) is 0 Å². The first kappa shape index (κ1) is 12.4. The highest BCUT2D eigenvalue weighted by molar-refractivity contribution is 8.00. The minimum atomic E-state index is -0.144. The van der Waals surface area contributed by atoms with Gasteiger partial charge in [0.1, 0.15) is 5.78 Å². The van der Waals surface area contributed by atoms with E-state index in [0.29, 0.717) is 11.5 Å². The van der Waals surface area contributed by atoms with Gasteiger partial charge in [0, 0.05) is 12.8 Å². The molecule has 0 spiro atoms. The fraction of sp³-hybridized carbons (Fsp3) is 0.750. The monoisotopic (exact) mass is 204 g/mol. The maximum Gasteiger partial charge on any atom is 0.229 e. The van der Waals surface area contributed by atoms with Crippen LogP contribution in [0.25, 0.3) is 0 Å². The quantitative estimate of drug-likeness (QED) is 0.620. The molecule has 0 aliphatic carbocycles. The third-order valence-electron chi connectivity index (χ3n) is 1.64. The highest BCUT2D eigenvalue weighted by atomic mass is 32.2. The van der Waals surface area contributed by atoms with Crippen molar-refractivity contribution in [3.8, 4) is 0 Å². The molecule has 0 aromatic carbocycles. The second-order valence-electron chi connectivity index (χ2n) is 2.64. The zero-order chi connectivity index (χ0) is 10.3. The Kier molecular flexibility index (Phi) is 6.62. The van der Waals surface area contributed by atoms with Crippen LogP contribution in [0, 0.1) is 0 Å². The highest BCUT2D eigenvalue weighted by Gasteiger charge is 2.11. The van der Waals surface area contributed by atoms with Crippen LogP contribution < -0.4 is 10.6 Å². The van der Waals surface area contributed by atoms with Gasteiger partial charge in [0.05, 0.1) is 11.8 Å². The molecule has 0 fully saturated rings. The molecule has 0 rings (SSSR count). The predicted molar refractivity (Wildman–Crippen MR) is 54.9 cm³/mol. The van der Waals surface area contributed by atoms with Crippen molar-refractivity contribution < 1.29 is 9.59 Å². The first-order chi connectivity index (χ1) is 6.11. The van der Waals surface area contributed by atoms with Gasteiger partial charge >= 0.3 is 0 Å². The van der Waals surface area contributed by atoms with E-state index in [0.717, 1.165) is 0 Å². The number of amides is 1. The van der Waals surface area contributed by atoms with Gasteiger partial charge in [-0.3, -0.25) is 9.59 Å². The number of Topliss-reactive ketones (excluding diaryl/α,β-unsaturated/α-hetero) is 1. The SMILES string of the molecule is CNC(=O)CSC[C@H](NC)C(C)=O. The summed E-state index contributed by atoms with van der Waals surface area (Å²) in [5.74, 6) is 1.14. The van der Waals surface area contributed by atoms with Crippen LogP contribution in [0.2, 0.25) is 0 Å². The van der Waals surface area contributed by atoms with Crippen LogP contribution >= 0.6 is 11.8 Å². The summed E-state index contributed by atoms with van der Waals surface area (Å²) in [6.07, 6.45) is 0. The number of thioether (sulfide) groups is 1. The fourth-order valence-electron chi connectivity index (χ4n) is 0.746. The predicted octanol–water partition coefficient (Wildman–Crippen LogP) is -0.357. The van der Waals surface area contributed by atoms with Crippen molar-refractivity contribution in [2.75, 3.05) is 25.6 Å². The molecule has 0 unspecified atom stereocenters. The van der Waals surface area contributed by atoms with Crippen LogP contribution in [0.15, 0.2) is 0 Å². The molecule has 5 heteroatoms. The molecule has 0 radical (unpaired) electrons. The van der Waals surface area contributed by atoms with Crippen molar-refractivity contribution >= 4 is 23.5 Å². The second kappa shape index (κ2) is 6.91. The summed E-state index contributed by atoms with van der Waals surface area (Å²) in [6, 6.07) is -0.144. The summed E-state index contributed by atoms with van der Waals surface area (Å²) in [6.45, 7) is 1.54.